The molecule has 0 atom stereocenters. The van der Waals surface area contributed by atoms with Gasteiger partial charge in [0, 0.05) is 6.07 Å². The summed E-state index contributed by atoms with van der Waals surface area (Å²) < 4.78 is 36.5. The summed E-state index contributed by atoms with van der Waals surface area (Å²) in [6.07, 6.45) is 0. The molecule has 3 rings (SSSR count). The van der Waals surface area contributed by atoms with Crippen LogP contribution in [0.3, 0.4) is 0 Å². The molecular formula is C13H9Cl2F2N3O4. The fourth-order valence-corrected chi connectivity index (χ4v) is 3.19. The van der Waals surface area contributed by atoms with Gasteiger partial charge in [0.2, 0.25) is 5.82 Å². The zero-order chi connectivity index (χ0) is 17.6. The molecule has 0 saturated carbocycles. The standard InChI is InChI=1S/C13H9Cl2F2N3O4/c14-6-5-7(16)8(10(17)11(6)20(22)23)9-12(15)18-1-3-24-4-2-19(18)13(9)21/h5H,1-4H2. The Bertz CT molecular complexity index is 910. The summed E-state index contributed by atoms with van der Waals surface area (Å²) in [5, 5.41) is 10.0. The van der Waals surface area contributed by atoms with Gasteiger partial charge >= 0.3 is 5.69 Å². The van der Waals surface area contributed by atoms with Gasteiger partial charge < -0.3 is 4.74 Å². The molecule has 0 saturated heterocycles. The molecule has 1 aromatic heterocycles. The molecule has 0 amide bonds. The maximum atomic E-state index is 14.5. The maximum absolute atomic E-state index is 14.5. The van der Waals surface area contributed by atoms with Crippen LogP contribution >= 0.6 is 23.2 Å². The molecule has 1 aliphatic rings. The third kappa shape index (κ3) is 2.48. The van der Waals surface area contributed by atoms with Gasteiger partial charge in [0.1, 0.15) is 16.0 Å². The lowest BCUT2D eigenvalue weighted by Crippen LogP contribution is -2.23. The Morgan fingerprint density at radius 2 is 1.79 bits per heavy atom. The van der Waals surface area contributed by atoms with Crippen molar-refractivity contribution < 1.29 is 18.4 Å². The van der Waals surface area contributed by atoms with E-state index < -0.39 is 44.0 Å². The van der Waals surface area contributed by atoms with Crippen molar-refractivity contribution in [2.24, 2.45) is 0 Å². The van der Waals surface area contributed by atoms with Crippen LogP contribution in [0.4, 0.5) is 14.5 Å². The van der Waals surface area contributed by atoms with Gasteiger partial charge in [0.15, 0.2) is 0 Å². The minimum Gasteiger partial charge on any atom is -0.378 e. The maximum Gasteiger partial charge on any atom is 0.324 e. The normalized spacial score (nSPS) is 14.3. The summed E-state index contributed by atoms with van der Waals surface area (Å²) in [5.74, 6) is -2.75. The van der Waals surface area contributed by atoms with E-state index in [1.165, 1.54) is 9.36 Å². The van der Waals surface area contributed by atoms with E-state index in [1.807, 2.05) is 0 Å². The number of rotatable bonds is 2. The van der Waals surface area contributed by atoms with Crippen LogP contribution in [0.1, 0.15) is 0 Å². The molecule has 2 heterocycles. The van der Waals surface area contributed by atoms with Crippen LogP contribution in [0.5, 0.6) is 0 Å². The lowest BCUT2D eigenvalue weighted by atomic mass is 10.1. The predicted molar refractivity (Wildman–Crippen MR) is 81.5 cm³/mol. The largest absolute Gasteiger partial charge is 0.378 e. The van der Waals surface area contributed by atoms with Crippen LogP contribution in [0, 0.1) is 21.7 Å². The molecule has 0 bridgehead atoms. The molecule has 128 valence electrons. The first kappa shape index (κ1) is 16.9. The lowest BCUT2D eigenvalue weighted by molar-refractivity contribution is -0.387. The van der Waals surface area contributed by atoms with E-state index in [1.54, 1.807) is 0 Å². The highest BCUT2D eigenvalue weighted by Crippen LogP contribution is 2.38. The molecular weight excluding hydrogens is 371 g/mol. The average molecular weight is 380 g/mol. The van der Waals surface area contributed by atoms with Crippen molar-refractivity contribution in [2.45, 2.75) is 13.1 Å². The Labute approximate surface area is 143 Å². The molecule has 24 heavy (non-hydrogen) atoms. The summed E-state index contributed by atoms with van der Waals surface area (Å²) >= 11 is 11.7. The molecule has 2 aromatic rings. The van der Waals surface area contributed by atoms with Crippen LogP contribution in [-0.2, 0) is 17.8 Å². The quantitative estimate of drug-likeness (QED) is 0.593. The highest BCUT2D eigenvalue weighted by atomic mass is 35.5. The van der Waals surface area contributed by atoms with Crippen molar-refractivity contribution in [2.75, 3.05) is 13.2 Å². The zero-order valence-corrected chi connectivity index (χ0v) is 13.4. The Balaban J connectivity index is 2.34. The van der Waals surface area contributed by atoms with E-state index in [4.69, 9.17) is 27.9 Å². The summed E-state index contributed by atoms with van der Waals surface area (Å²) in [6.45, 7) is 0.828. The number of nitro groups is 1. The van der Waals surface area contributed by atoms with E-state index in [2.05, 4.69) is 0 Å². The highest BCUT2D eigenvalue weighted by molar-refractivity contribution is 6.33. The molecule has 0 aliphatic carbocycles. The molecule has 7 nitrogen and oxygen atoms in total. The Morgan fingerprint density at radius 3 is 2.42 bits per heavy atom. The van der Waals surface area contributed by atoms with Crippen molar-refractivity contribution in [1.29, 1.82) is 0 Å². The molecule has 0 radical (unpaired) electrons. The van der Waals surface area contributed by atoms with Crippen LogP contribution in [0.2, 0.25) is 10.2 Å². The molecule has 0 N–H and O–H groups in total. The summed E-state index contributed by atoms with van der Waals surface area (Å²) in [4.78, 5) is 22.4. The first-order valence-corrected chi connectivity index (χ1v) is 7.49. The van der Waals surface area contributed by atoms with Crippen molar-refractivity contribution in [1.82, 2.24) is 9.36 Å². The number of nitrogens with zero attached hydrogens (tertiary/aromatic N) is 3. The van der Waals surface area contributed by atoms with Crippen LogP contribution in [-0.4, -0.2) is 27.5 Å². The van der Waals surface area contributed by atoms with E-state index in [-0.39, 0.29) is 31.5 Å². The number of fused-ring (bicyclic) bond motifs is 1. The second-order valence-electron chi connectivity index (χ2n) is 4.96. The van der Waals surface area contributed by atoms with Gasteiger partial charge in [-0.05, 0) is 0 Å². The number of hydrogen-bond donors (Lipinski definition) is 0. The number of ether oxygens (including phenoxy) is 1. The Hall–Kier alpha value is -1.97. The van der Waals surface area contributed by atoms with Gasteiger partial charge in [-0.2, -0.15) is 4.39 Å². The molecule has 1 aliphatic heterocycles. The van der Waals surface area contributed by atoms with E-state index >= 15 is 0 Å². The number of hydrogen-bond acceptors (Lipinski definition) is 4. The van der Waals surface area contributed by atoms with Gasteiger partial charge in [-0.15, -0.1) is 0 Å². The Morgan fingerprint density at radius 1 is 1.17 bits per heavy atom. The molecule has 1 aromatic carbocycles. The fraction of sp³-hybridized carbons (Fsp3) is 0.308. The average Bonchev–Trinajstić information content (AvgIpc) is 2.69. The SMILES string of the molecule is O=c1c(-c2c(F)cc(Cl)c([N+](=O)[O-])c2F)c(Cl)n2n1CCOCC2. The number of aromatic nitrogens is 2. The van der Waals surface area contributed by atoms with E-state index in [0.29, 0.717) is 6.07 Å². The lowest BCUT2D eigenvalue weighted by Gasteiger charge is -2.07. The van der Waals surface area contributed by atoms with Crippen molar-refractivity contribution in [3.05, 3.63) is 48.3 Å². The number of benzene rings is 1. The van der Waals surface area contributed by atoms with Crippen molar-refractivity contribution >= 4 is 28.9 Å². The van der Waals surface area contributed by atoms with Gasteiger partial charge in [-0.3, -0.25) is 19.6 Å². The van der Waals surface area contributed by atoms with Crippen LogP contribution < -0.4 is 5.56 Å². The monoisotopic (exact) mass is 379 g/mol. The molecule has 11 heteroatoms. The van der Waals surface area contributed by atoms with Crippen LogP contribution in [0.15, 0.2) is 10.9 Å². The first-order valence-electron chi connectivity index (χ1n) is 6.73. The minimum absolute atomic E-state index is 0.136. The molecule has 0 unspecified atom stereocenters. The number of nitro benzene ring substituents is 1. The Kier molecular flexibility index (Phi) is 4.33. The van der Waals surface area contributed by atoms with Crippen molar-refractivity contribution in [3.8, 4) is 11.1 Å². The van der Waals surface area contributed by atoms with Gasteiger partial charge in [-0.1, -0.05) is 23.2 Å². The third-order valence-corrected chi connectivity index (χ3v) is 4.32. The fourth-order valence-electron chi connectivity index (χ4n) is 2.59. The van der Waals surface area contributed by atoms with Crippen molar-refractivity contribution in [3.63, 3.8) is 0 Å². The minimum atomic E-state index is -1.54. The summed E-state index contributed by atoms with van der Waals surface area (Å²) in [7, 11) is 0. The van der Waals surface area contributed by atoms with Gasteiger partial charge in [0.05, 0.1) is 42.4 Å². The second kappa shape index (κ2) is 6.15. The third-order valence-electron chi connectivity index (χ3n) is 3.65. The van der Waals surface area contributed by atoms with E-state index in [9.17, 15) is 23.7 Å². The predicted octanol–water partition coefficient (Wildman–Crippen LogP) is 2.84. The van der Waals surface area contributed by atoms with Gasteiger partial charge in [0.25, 0.3) is 5.56 Å². The topological polar surface area (TPSA) is 79.3 Å². The summed E-state index contributed by atoms with van der Waals surface area (Å²) in [5.41, 5.74) is -3.22. The smallest absolute Gasteiger partial charge is 0.324 e. The second-order valence-corrected chi connectivity index (χ2v) is 5.73. The van der Waals surface area contributed by atoms with Gasteiger partial charge in [-0.25, -0.2) is 9.07 Å². The molecule has 0 spiro atoms. The first-order chi connectivity index (χ1) is 11.3. The van der Waals surface area contributed by atoms with E-state index in [0.717, 1.165) is 0 Å². The zero-order valence-electron chi connectivity index (χ0n) is 11.9. The highest BCUT2D eigenvalue weighted by Gasteiger charge is 2.32. The molecule has 0 fully saturated rings. The number of halogens is 4. The summed E-state index contributed by atoms with van der Waals surface area (Å²) in [6, 6.07) is 0.588. The van der Waals surface area contributed by atoms with Crippen LogP contribution in [0.25, 0.3) is 11.1 Å².